The number of hydrogen-bond donors (Lipinski definition) is 2. The number of hydrogen-bond acceptors (Lipinski definition) is 3. The van der Waals surface area contributed by atoms with Gasteiger partial charge in [-0.1, -0.05) is 17.7 Å². The zero-order chi connectivity index (χ0) is 13.9. The first-order valence-electron chi connectivity index (χ1n) is 7.65. The third-order valence-electron chi connectivity index (χ3n) is 4.62. The first kappa shape index (κ1) is 14.2. The Bertz CT molecular complexity index is 451. The van der Waals surface area contributed by atoms with Gasteiger partial charge in [0.2, 0.25) is 0 Å². The van der Waals surface area contributed by atoms with Crippen LogP contribution in [0.5, 0.6) is 0 Å². The number of anilines is 1. The van der Waals surface area contributed by atoms with Gasteiger partial charge in [-0.2, -0.15) is 0 Å². The van der Waals surface area contributed by atoms with Crippen molar-refractivity contribution in [3.63, 3.8) is 0 Å². The predicted molar refractivity (Wildman–Crippen MR) is 85.6 cm³/mol. The van der Waals surface area contributed by atoms with Crippen LogP contribution in [-0.2, 0) is 0 Å². The maximum atomic E-state index is 6.13. The molecule has 2 aliphatic rings. The minimum atomic E-state index is 0.842. The molecule has 0 aliphatic carbocycles. The molecule has 0 radical (unpaired) electrons. The fourth-order valence-corrected chi connectivity index (χ4v) is 3.55. The molecular weight excluding hydrogens is 270 g/mol. The summed E-state index contributed by atoms with van der Waals surface area (Å²) in [4.78, 5) is 2.62. The molecule has 2 N–H and O–H groups in total. The van der Waals surface area contributed by atoms with Crippen molar-refractivity contribution in [1.29, 1.82) is 0 Å². The maximum Gasteiger partial charge on any atom is 0.0455 e. The Labute approximate surface area is 126 Å². The molecule has 0 aromatic heterocycles. The van der Waals surface area contributed by atoms with Crippen LogP contribution in [0, 0.1) is 18.8 Å². The monoisotopic (exact) mass is 293 g/mol. The van der Waals surface area contributed by atoms with E-state index in [0.29, 0.717) is 0 Å². The van der Waals surface area contributed by atoms with E-state index in [1.165, 1.54) is 39.1 Å². The number of fused-ring (bicyclic) bond motifs is 1. The van der Waals surface area contributed by atoms with E-state index in [1.807, 2.05) is 13.0 Å². The average Bonchev–Trinajstić information content (AvgIpc) is 2.99. The molecule has 0 bridgehead atoms. The van der Waals surface area contributed by atoms with Crippen molar-refractivity contribution in [3.8, 4) is 0 Å². The summed E-state index contributed by atoms with van der Waals surface area (Å²) in [6.45, 7) is 9.28. The second-order valence-electron chi connectivity index (χ2n) is 6.18. The molecule has 2 fully saturated rings. The highest BCUT2D eigenvalue weighted by Crippen LogP contribution is 2.26. The molecule has 20 heavy (non-hydrogen) atoms. The van der Waals surface area contributed by atoms with E-state index in [4.69, 9.17) is 11.6 Å². The first-order chi connectivity index (χ1) is 9.72. The van der Waals surface area contributed by atoms with Gasteiger partial charge in [-0.05, 0) is 62.5 Å². The zero-order valence-corrected chi connectivity index (χ0v) is 12.9. The molecule has 1 aromatic carbocycles. The van der Waals surface area contributed by atoms with Crippen LogP contribution in [0.3, 0.4) is 0 Å². The summed E-state index contributed by atoms with van der Waals surface area (Å²) in [7, 11) is 0. The Morgan fingerprint density at radius 3 is 2.75 bits per heavy atom. The van der Waals surface area contributed by atoms with E-state index in [-0.39, 0.29) is 0 Å². The molecule has 2 unspecified atom stereocenters. The molecule has 0 amide bonds. The highest BCUT2D eigenvalue weighted by atomic mass is 35.5. The van der Waals surface area contributed by atoms with E-state index in [1.54, 1.807) is 0 Å². The highest BCUT2D eigenvalue weighted by Gasteiger charge is 2.35. The summed E-state index contributed by atoms with van der Waals surface area (Å²) >= 11 is 6.13. The smallest absolute Gasteiger partial charge is 0.0455 e. The number of nitrogens with zero attached hydrogens (tertiary/aromatic N) is 1. The van der Waals surface area contributed by atoms with Crippen molar-refractivity contribution in [2.24, 2.45) is 11.8 Å². The van der Waals surface area contributed by atoms with Crippen molar-refractivity contribution in [3.05, 3.63) is 28.8 Å². The van der Waals surface area contributed by atoms with Crippen LogP contribution >= 0.6 is 11.6 Å². The lowest BCUT2D eigenvalue weighted by Crippen LogP contribution is -2.27. The largest absolute Gasteiger partial charge is 0.385 e. The van der Waals surface area contributed by atoms with Crippen molar-refractivity contribution in [2.75, 3.05) is 44.6 Å². The van der Waals surface area contributed by atoms with Gasteiger partial charge in [0.15, 0.2) is 0 Å². The van der Waals surface area contributed by atoms with E-state index in [0.717, 1.165) is 34.7 Å². The lowest BCUT2D eigenvalue weighted by Gasteiger charge is -2.17. The second kappa shape index (κ2) is 6.33. The SMILES string of the molecule is Cc1ccc(NCCCN2CC3CNCC3C2)cc1Cl. The van der Waals surface area contributed by atoms with Crippen LogP contribution in [0.2, 0.25) is 5.02 Å². The quantitative estimate of drug-likeness (QED) is 0.817. The van der Waals surface area contributed by atoms with Crippen molar-refractivity contribution >= 4 is 17.3 Å². The van der Waals surface area contributed by atoms with Crippen molar-refractivity contribution in [2.45, 2.75) is 13.3 Å². The Morgan fingerprint density at radius 2 is 2.05 bits per heavy atom. The third kappa shape index (κ3) is 3.27. The van der Waals surface area contributed by atoms with Crippen LogP contribution in [0.1, 0.15) is 12.0 Å². The molecule has 2 aliphatic heterocycles. The van der Waals surface area contributed by atoms with Gasteiger partial charge < -0.3 is 15.5 Å². The number of benzene rings is 1. The summed E-state index contributed by atoms with van der Waals surface area (Å²) in [5.74, 6) is 1.80. The molecular formula is C16H24ClN3. The van der Waals surface area contributed by atoms with Crippen LogP contribution in [0.15, 0.2) is 18.2 Å². The molecule has 4 heteroatoms. The fraction of sp³-hybridized carbons (Fsp3) is 0.625. The van der Waals surface area contributed by atoms with Crippen LogP contribution in [-0.4, -0.2) is 44.2 Å². The molecule has 0 spiro atoms. The third-order valence-corrected chi connectivity index (χ3v) is 5.02. The van der Waals surface area contributed by atoms with E-state index < -0.39 is 0 Å². The highest BCUT2D eigenvalue weighted by molar-refractivity contribution is 6.31. The molecule has 2 atom stereocenters. The van der Waals surface area contributed by atoms with Crippen molar-refractivity contribution < 1.29 is 0 Å². The topological polar surface area (TPSA) is 27.3 Å². The van der Waals surface area contributed by atoms with Gasteiger partial charge in [0.05, 0.1) is 0 Å². The van der Waals surface area contributed by atoms with Gasteiger partial charge in [-0.3, -0.25) is 0 Å². The normalized spacial score (nSPS) is 25.9. The number of rotatable bonds is 5. The van der Waals surface area contributed by atoms with Gasteiger partial charge in [0, 0.05) is 30.3 Å². The molecule has 2 heterocycles. The Kier molecular flexibility index (Phi) is 4.49. The van der Waals surface area contributed by atoms with Crippen molar-refractivity contribution in [1.82, 2.24) is 10.2 Å². The standard InChI is InChI=1S/C16H24ClN3/c1-12-3-4-15(7-16(12)17)19-5-2-6-20-10-13-8-18-9-14(13)11-20/h3-4,7,13-14,18-19H,2,5-6,8-11H2,1H3. The minimum absolute atomic E-state index is 0.842. The first-order valence-corrected chi connectivity index (χ1v) is 8.03. The van der Waals surface area contributed by atoms with Gasteiger partial charge in [0.25, 0.3) is 0 Å². The van der Waals surface area contributed by atoms with Gasteiger partial charge in [0.1, 0.15) is 0 Å². The summed E-state index contributed by atoms with van der Waals surface area (Å²) in [6, 6.07) is 6.19. The van der Waals surface area contributed by atoms with Gasteiger partial charge >= 0.3 is 0 Å². The molecule has 3 nitrogen and oxygen atoms in total. The predicted octanol–water partition coefficient (Wildman–Crippen LogP) is 2.60. The Balaban J connectivity index is 1.37. The fourth-order valence-electron chi connectivity index (χ4n) is 3.37. The lowest BCUT2D eigenvalue weighted by atomic mass is 10.0. The summed E-state index contributed by atoms with van der Waals surface area (Å²) in [6.07, 6.45) is 1.19. The molecule has 0 saturated carbocycles. The lowest BCUT2D eigenvalue weighted by molar-refractivity contribution is 0.312. The number of halogens is 1. The van der Waals surface area contributed by atoms with Crippen LogP contribution in [0.4, 0.5) is 5.69 Å². The summed E-state index contributed by atoms with van der Waals surface area (Å²) in [5.41, 5.74) is 2.26. The molecule has 2 saturated heterocycles. The summed E-state index contributed by atoms with van der Waals surface area (Å²) < 4.78 is 0. The molecule has 1 aromatic rings. The average molecular weight is 294 g/mol. The Morgan fingerprint density at radius 1 is 1.30 bits per heavy atom. The van der Waals surface area contributed by atoms with E-state index in [2.05, 4.69) is 27.7 Å². The number of nitrogens with one attached hydrogen (secondary N) is 2. The summed E-state index contributed by atoms with van der Waals surface area (Å²) in [5, 5.41) is 7.80. The molecule has 3 rings (SSSR count). The molecule has 110 valence electrons. The number of aryl methyl sites for hydroxylation is 1. The van der Waals surface area contributed by atoms with Gasteiger partial charge in [-0.15, -0.1) is 0 Å². The zero-order valence-electron chi connectivity index (χ0n) is 12.2. The van der Waals surface area contributed by atoms with E-state index >= 15 is 0 Å². The van der Waals surface area contributed by atoms with E-state index in [9.17, 15) is 0 Å². The maximum absolute atomic E-state index is 6.13. The second-order valence-corrected chi connectivity index (χ2v) is 6.59. The minimum Gasteiger partial charge on any atom is -0.385 e. The van der Waals surface area contributed by atoms with Crippen LogP contribution < -0.4 is 10.6 Å². The Hall–Kier alpha value is -0.770. The van der Waals surface area contributed by atoms with Gasteiger partial charge in [-0.25, -0.2) is 0 Å². The van der Waals surface area contributed by atoms with Crippen LogP contribution in [0.25, 0.3) is 0 Å². The number of likely N-dealkylation sites (tertiary alicyclic amines) is 1.